The van der Waals surface area contributed by atoms with Gasteiger partial charge in [-0.2, -0.15) is 11.3 Å². The average molecular weight is 393 g/mol. The van der Waals surface area contributed by atoms with E-state index in [1.807, 2.05) is 4.90 Å². The zero-order valence-corrected chi connectivity index (χ0v) is 16.3. The van der Waals surface area contributed by atoms with E-state index in [9.17, 15) is 9.59 Å². The molecule has 2 N–H and O–H groups in total. The first-order chi connectivity index (χ1) is 12.5. The Morgan fingerprint density at radius 3 is 2.65 bits per heavy atom. The molecule has 26 heavy (non-hydrogen) atoms. The highest BCUT2D eigenvalue weighted by atomic mass is 35.5. The molecule has 0 unspecified atom stereocenters. The van der Waals surface area contributed by atoms with E-state index in [0.29, 0.717) is 23.7 Å². The van der Waals surface area contributed by atoms with Gasteiger partial charge in [0, 0.05) is 5.56 Å². The maximum absolute atomic E-state index is 12.6. The SMILES string of the molecule is C[C@H](NC(=O)c1ccccc1Cl)C(=O)N1CC[NH+](Cc2ccsc2)CC1. The number of benzene rings is 1. The lowest BCUT2D eigenvalue weighted by molar-refractivity contribution is -0.917. The van der Waals surface area contributed by atoms with Gasteiger partial charge in [-0.15, -0.1) is 0 Å². The van der Waals surface area contributed by atoms with E-state index < -0.39 is 6.04 Å². The number of amides is 2. The fourth-order valence-electron chi connectivity index (χ4n) is 3.16. The number of halogens is 1. The number of carbonyl (C=O) groups is 2. The third-order valence-electron chi connectivity index (χ3n) is 4.65. The third kappa shape index (κ3) is 4.63. The van der Waals surface area contributed by atoms with Crippen molar-refractivity contribution in [2.45, 2.75) is 19.5 Å². The van der Waals surface area contributed by atoms with Crippen LogP contribution in [0, 0.1) is 0 Å². The first-order valence-corrected chi connectivity index (χ1v) is 10.1. The number of hydrogen-bond acceptors (Lipinski definition) is 3. The number of piperazine rings is 1. The molecule has 1 aliphatic heterocycles. The highest BCUT2D eigenvalue weighted by molar-refractivity contribution is 7.07. The van der Waals surface area contributed by atoms with Crippen LogP contribution in [0.1, 0.15) is 22.8 Å². The lowest BCUT2D eigenvalue weighted by atomic mass is 10.2. The topological polar surface area (TPSA) is 53.9 Å². The van der Waals surface area contributed by atoms with Crippen LogP contribution in [-0.4, -0.2) is 48.9 Å². The fourth-order valence-corrected chi connectivity index (χ4v) is 4.05. The predicted octanol–water partition coefficient (Wildman–Crippen LogP) is 1.45. The predicted molar refractivity (Wildman–Crippen MR) is 104 cm³/mol. The van der Waals surface area contributed by atoms with Gasteiger partial charge in [0.05, 0.1) is 36.8 Å². The molecule has 0 aliphatic carbocycles. The molecule has 138 valence electrons. The van der Waals surface area contributed by atoms with Gasteiger partial charge in [-0.3, -0.25) is 9.59 Å². The van der Waals surface area contributed by atoms with Crippen molar-refractivity contribution in [2.24, 2.45) is 0 Å². The van der Waals surface area contributed by atoms with Gasteiger partial charge in [0.15, 0.2) is 0 Å². The molecule has 7 heteroatoms. The van der Waals surface area contributed by atoms with E-state index in [1.165, 1.54) is 10.5 Å². The zero-order chi connectivity index (χ0) is 18.5. The normalized spacial score (nSPS) is 16.3. The van der Waals surface area contributed by atoms with Gasteiger partial charge < -0.3 is 15.1 Å². The molecule has 3 rings (SSSR count). The van der Waals surface area contributed by atoms with Crippen molar-refractivity contribution >= 4 is 34.8 Å². The van der Waals surface area contributed by atoms with Gasteiger partial charge in [0.25, 0.3) is 5.91 Å². The van der Waals surface area contributed by atoms with Crippen molar-refractivity contribution in [1.82, 2.24) is 10.2 Å². The minimum atomic E-state index is -0.572. The van der Waals surface area contributed by atoms with Crippen molar-refractivity contribution < 1.29 is 14.5 Å². The number of quaternary nitrogens is 1. The first-order valence-electron chi connectivity index (χ1n) is 8.73. The van der Waals surface area contributed by atoms with Gasteiger partial charge in [-0.1, -0.05) is 23.7 Å². The van der Waals surface area contributed by atoms with E-state index in [4.69, 9.17) is 11.6 Å². The van der Waals surface area contributed by atoms with Crippen LogP contribution >= 0.6 is 22.9 Å². The standard InChI is InChI=1S/C19H22ClN3O2S/c1-14(21-18(24)16-4-2-3-5-17(16)20)19(25)23-9-7-22(8-10-23)12-15-6-11-26-13-15/h2-6,11,13-14H,7-10,12H2,1H3,(H,21,24)/p+1/t14-/m0/s1. The molecule has 0 bridgehead atoms. The Labute approximate surface area is 162 Å². The second-order valence-corrected chi connectivity index (χ2v) is 7.75. The van der Waals surface area contributed by atoms with Gasteiger partial charge in [0.2, 0.25) is 5.91 Å². The van der Waals surface area contributed by atoms with Crippen LogP contribution in [0.4, 0.5) is 0 Å². The molecule has 2 amide bonds. The summed E-state index contributed by atoms with van der Waals surface area (Å²) in [5.41, 5.74) is 1.74. The Morgan fingerprint density at radius 1 is 1.27 bits per heavy atom. The van der Waals surface area contributed by atoms with Crippen LogP contribution in [0.2, 0.25) is 5.02 Å². The number of nitrogens with one attached hydrogen (secondary N) is 2. The third-order valence-corrected chi connectivity index (χ3v) is 5.71. The number of hydrogen-bond donors (Lipinski definition) is 2. The second kappa shape index (κ2) is 8.66. The van der Waals surface area contributed by atoms with Gasteiger partial charge in [0.1, 0.15) is 12.6 Å². The molecular formula is C19H23ClN3O2S+. The summed E-state index contributed by atoms with van der Waals surface area (Å²) in [7, 11) is 0. The Bertz CT molecular complexity index is 758. The average Bonchev–Trinajstić information content (AvgIpc) is 3.15. The molecule has 1 saturated heterocycles. The van der Waals surface area contributed by atoms with E-state index in [0.717, 1.165) is 19.6 Å². The van der Waals surface area contributed by atoms with E-state index in [-0.39, 0.29) is 11.8 Å². The Kier molecular flexibility index (Phi) is 6.29. The summed E-state index contributed by atoms with van der Waals surface area (Å²) in [4.78, 5) is 28.3. The van der Waals surface area contributed by atoms with Crippen LogP contribution in [0.5, 0.6) is 0 Å². The van der Waals surface area contributed by atoms with Crippen molar-refractivity contribution in [3.8, 4) is 0 Å². The summed E-state index contributed by atoms with van der Waals surface area (Å²) in [5.74, 6) is -0.363. The summed E-state index contributed by atoms with van der Waals surface area (Å²) in [6, 6.07) is 8.42. The van der Waals surface area contributed by atoms with Gasteiger partial charge in [-0.25, -0.2) is 0 Å². The molecule has 1 atom stereocenters. The van der Waals surface area contributed by atoms with Gasteiger partial charge >= 0.3 is 0 Å². The maximum atomic E-state index is 12.6. The van der Waals surface area contributed by atoms with E-state index in [2.05, 4.69) is 22.1 Å². The summed E-state index contributed by atoms with van der Waals surface area (Å²) >= 11 is 7.76. The molecule has 1 aromatic carbocycles. The minimum absolute atomic E-state index is 0.0417. The van der Waals surface area contributed by atoms with Crippen LogP contribution in [0.25, 0.3) is 0 Å². The van der Waals surface area contributed by atoms with Crippen molar-refractivity contribution in [1.29, 1.82) is 0 Å². The molecule has 2 aromatic rings. The van der Waals surface area contributed by atoms with Crippen LogP contribution in [0.3, 0.4) is 0 Å². The lowest BCUT2D eigenvalue weighted by Gasteiger charge is -2.33. The van der Waals surface area contributed by atoms with E-state index in [1.54, 1.807) is 42.5 Å². The number of rotatable bonds is 5. The van der Waals surface area contributed by atoms with Crippen LogP contribution in [-0.2, 0) is 11.3 Å². The summed E-state index contributed by atoms with van der Waals surface area (Å²) in [5, 5.41) is 7.42. The van der Waals surface area contributed by atoms with Crippen LogP contribution < -0.4 is 10.2 Å². The molecule has 1 fully saturated rings. The van der Waals surface area contributed by atoms with Crippen molar-refractivity contribution in [2.75, 3.05) is 26.2 Å². The Morgan fingerprint density at radius 2 is 2.00 bits per heavy atom. The van der Waals surface area contributed by atoms with E-state index >= 15 is 0 Å². The van der Waals surface area contributed by atoms with Crippen molar-refractivity contribution in [3.05, 3.63) is 57.2 Å². The summed E-state index contributed by atoms with van der Waals surface area (Å²) in [6.07, 6.45) is 0. The highest BCUT2D eigenvalue weighted by Crippen LogP contribution is 2.14. The lowest BCUT2D eigenvalue weighted by Crippen LogP contribution is -3.13. The van der Waals surface area contributed by atoms with Crippen molar-refractivity contribution in [3.63, 3.8) is 0 Å². The summed E-state index contributed by atoms with van der Waals surface area (Å²) in [6.45, 7) is 6.00. The Hall–Kier alpha value is -1.89. The zero-order valence-electron chi connectivity index (χ0n) is 14.7. The first kappa shape index (κ1) is 18.9. The quantitative estimate of drug-likeness (QED) is 0.809. The Balaban J connectivity index is 1.50. The molecule has 0 radical (unpaired) electrons. The second-order valence-electron chi connectivity index (χ2n) is 6.56. The molecule has 5 nitrogen and oxygen atoms in total. The minimum Gasteiger partial charge on any atom is -0.340 e. The number of carbonyl (C=O) groups excluding carboxylic acids is 2. The van der Waals surface area contributed by atoms with Gasteiger partial charge in [-0.05, 0) is 35.9 Å². The highest BCUT2D eigenvalue weighted by Gasteiger charge is 2.28. The smallest absolute Gasteiger partial charge is 0.253 e. The number of nitrogens with zero attached hydrogens (tertiary/aromatic N) is 1. The molecule has 1 aliphatic rings. The molecule has 0 saturated carbocycles. The largest absolute Gasteiger partial charge is 0.340 e. The maximum Gasteiger partial charge on any atom is 0.253 e. The summed E-state index contributed by atoms with van der Waals surface area (Å²) < 4.78 is 0. The fraction of sp³-hybridized carbons (Fsp3) is 0.368. The van der Waals surface area contributed by atoms with Crippen LogP contribution in [0.15, 0.2) is 41.1 Å². The molecule has 1 aromatic heterocycles. The molecular weight excluding hydrogens is 370 g/mol. The monoisotopic (exact) mass is 392 g/mol. The molecule has 2 heterocycles. The number of thiophene rings is 1. The molecule has 0 spiro atoms.